The van der Waals surface area contributed by atoms with Gasteiger partial charge in [0.25, 0.3) is 0 Å². The summed E-state index contributed by atoms with van der Waals surface area (Å²) >= 11 is 0. The summed E-state index contributed by atoms with van der Waals surface area (Å²) in [5.41, 5.74) is 5.07. The third kappa shape index (κ3) is 21.5. The van der Waals surface area contributed by atoms with Crippen molar-refractivity contribution >= 4 is 17.8 Å². The molecule has 1 aliphatic heterocycles. The second kappa shape index (κ2) is 28.9. The van der Waals surface area contributed by atoms with E-state index in [1.165, 1.54) is 71.0 Å². The van der Waals surface area contributed by atoms with Gasteiger partial charge in [-0.05, 0) is 107 Å². The largest absolute Gasteiger partial charge is 0.416 e. The number of aliphatic hydroxyl groups is 1. The topological polar surface area (TPSA) is 96.9 Å². The van der Waals surface area contributed by atoms with E-state index in [0.717, 1.165) is 55.3 Å². The molecule has 5 N–H and O–H groups in total. The molecule has 10 heteroatoms. The van der Waals surface area contributed by atoms with Gasteiger partial charge < -0.3 is 25.8 Å². The van der Waals surface area contributed by atoms with E-state index in [1.54, 1.807) is 19.9 Å². The molecule has 1 heterocycles. The van der Waals surface area contributed by atoms with Crippen molar-refractivity contribution in [3.05, 3.63) is 58.7 Å². The van der Waals surface area contributed by atoms with Crippen LogP contribution in [0.1, 0.15) is 127 Å². The molecule has 294 valence electrons. The van der Waals surface area contributed by atoms with Crippen LogP contribution in [0, 0.1) is 32.6 Å². The van der Waals surface area contributed by atoms with Crippen LogP contribution < -0.4 is 21.0 Å². The van der Waals surface area contributed by atoms with E-state index in [9.17, 15) is 18.0 Å². The van der Waals surface area contributed by atoms with Gasteiger partial charge in [0.05, 0.1) is 16.9 Å². The molecule has 2 aromatic rings. The lowest BCUT2D eigenvalue weighted by atomic mass is 9.91. The van der Waals surface area contributed by atoms with Crippen molar-refractivity contribution in [2.75, 3.05) is 43.5 Å². The first-order valence-corrected chi connectivity index (χ1v) is 19.2. The molecule has 1 saturated carbocycles. The van der Waals surface area contributed by atoms with Gasteiger partial charge in [0.15, 0.2) is 0 Å². The number of anilines is 2. The van der Waals surface area contributed by atoms with Gasteiger partial charge in [0.1, 0.15) is 0 Å². The number of aliphatic hydroxyl groups excluding tert-OH is 1. The van der Waals surface area contributed by atoms with Crippen LogP contribution >= 0.6 is 0 Å². The fourth-order valence-corrected chi connectivity index (χ4v) is 6.20. The number of hydroxylamine groups is 1. The summed E-state index contributed by atoms with van der Waals surface area (Å²) in [6, 6.07) is 10.8. The maximum atomic E-state index is 12.4. The zero-order valence-electron chi connectivity index (χ0n) is 33.0. The van der Waals surface area contributed by atoms with Crippen molar-refractivity contribution in [1.82, 2.24) is 10.8 Å². The molecule has 1 saturated heterocycles. The summed E-state index contributed by atoms with van der Waals surface area (Å²) in [6.07, 6.45) is 11.2. The Labute approximate surface area is 308 Å². The SMILES string of the molecule is CC.CC1CCCCC1.CC1CCNCC1.CN(c1ccccc1NC=O)C(CCCCCO)CCNO.Cc1cc(C)c(C)c(C(F)(F)F)c1. The minimum absolute atomic E-state index is 0.227. The number of nitrogens with zero attached hydrogens (tertiary/aromatic N) is 1. The molecule has 0 spiro atoms. The van der Waals surface area contributed by atoms with Gasteiger partial charge in [-0.15, -0.1) is 0 Å². The van der Waals surface area contributed by atoms with E-state index in [-0.39, 0.29) is 12.6 Å². The Kier molecular flexibility index (Phi) is 27.4. The molecule has 1 aliphatic carbocycles. The molecule has 1 atom stereocenters. The molecule has 2 fully saturated rings. The predicted octanol–water partition coefficient (Wildman–Crippen LogP) is 10.2. The van der Waals surface area contributed by atoms with Crippen molar-refractivity contribution in [2.24, 2.45) is 11.8 Å². The molecule has 0 aromatic heterocycles. The Hall–Kier alpha value is -2.66. The summed E-state index contributed by atoms with van der Waals surface area (Å²) in [7, 11) is 2.00. The number of alkyl halides is 3. The third-order valence-corrected chi connectivity index (χ3v) is 9.47. The van der Waals surface area contributed by atoms with Crippen molar-refractivity contribution in [2.45, 2.75) is 138 Å². The van der Waals surface area contributed by atoms with E-state index in [2.05, 4.69) is 34.9 Å². The van der Waals surface area contributed by atoms with Crippen molar-refractivity contribution in [3.63, 3.8) is 0 Å². The zero-order chi connectivity index (χ0) is 38.7. The number of rotatable bonds is 12. The number of hydrogen-bond acceptors (Lipinski definition) is 6. The normalized spacial score (nSPS) is 15.2. The summed E-state index contributed by atoms with van der Waals surface area (Å²) < 4.78 is 37.2. The maximum absolute atomic E-state index is 12.4. The van der Waals surface area contributed by atoms with Crippen LogP contribution in [0.25, 0.3) is 0 Å². The molecule has 0 radical (unpaired) electrons. The number of piperidine rings is 1. The lowest BCUT2D eigenvalue weighted by Gasteiger charge is -2.31. The first kappa shape index (κ1) is 48.3. The van der Waals surface area contributed by atoms with Gasteiger partial charge >= 0.3 is 6.18 Å². The number of unbranched alkanes of at least 4 members (excludes halogenated alkanes) is 2. The first-order valence-electron chi connectivity index (χ1n) is 19.2. The zero-order valence-corrected chi connectivity index (χ0v) is 33.0. The van der Waals surface area contributed by atoms with E-state index < -0.39 is 11.7 Å². The number of para-hydroxylation sites is 2. The molecule has 51 heavy (non-hydrogen) atoms. The molecule has 2 aliphatic rings. The monoisotopic (exact) mass is 725 g/mol. The lowest BCUT2D eigenvalue weighted by Crippen LogP contribution is -2.34. The highest BCUT2D eigenvalue weighted by molar-refractivity contribution is 5.81. The Balaban J connectivity index is 0.000000720. The van der Waals surface area contributed by atoms with Gasteiger partial charge in [0, 0.05) is 26.2 Å². The van der Waals surface area contributed by atoms with Gasteiger partial charge in [-0.2, -0.15) is 13.2 Å². The van der Waals surface area contributed by atoms with Crippen molar-refractivity contribution in [1.29, 1.82) is 0 Å². The van der Waals surface area contributed by atoms with Crippen LogP contribution in [0.2, 0.25) is 0 Å². The highest BCUT2D eigenvalue weighted by atomic mass is 19.4. The molecular formula is C41H71F3N4O3. The molecular weight excluding hydrogens is 653 g/mol. The standard InChI is InChI=1S/C16H27N3O3.C10H11F3.C7H14.C6H13N.C2H6/c1-19(16-9-5-4-8-15(16)17-13-21)14(10-11-18-22)7-3-2-6-12-20;1-6-4-7(2)8(3)9(5-6)10(11,12)13;1-7-5-3-2-4-6-7;1-6-2-4-7-5-3-6;1-2/h4-5,8-9,13-14,18,20,22H,2-3,6-7,10-12H2,1H3,(H,17,21);4-5H,1-3H3;7H,2-6H2,1H3;6-7H,2-5H2,1H3;1-2H3. The average molecular weight is 725 g/mol. The predicted molar refractivity (Wildman–Crippen MR) is 209 cm³/mol. The molecule has 0 bridgehead atoms. The average Bonchev–Trinajstić information content (AvgIpc) is 3.11. The fourth-order valence-electron chi connectivity index (χ4n) is 6.20. The summed E-state index contributed by atoms with van der Waals surface area (Å²) in [6.45, 7) is 16.8. The Morgan fingerprint density at radius 2 is 1.53 bits per heavy atom. The van der Waals surface area contributed by atoms with Crippen LogP contribution in [-0.4, -0.2) is 56.1 Å². The number of carbonyl (C=O) groups excluding carboxylic acids is 1. The van der Waals surface area contributed by atoms with E-state index in [1.807, 2.05) is 45.2 Å². The van der Waals surface area contributed by atoms with Crippen molar-refractivity contribution in [3.8, 4) is 0 Å². The maximum Gasteiger partial charge on any atom is 0.416 e. The quantitative estimate of drug-likeness (QED) is 0.0850. The smallest absolute Gasteiger partial charge is 0.396 e. The number of hydrogen-bond donors (Lipinski definition) is 5. The van der Waals surface area contributed by atoms with E-state index in [4.69, 9.17) is 10.3 Å². The van der Waals surface area contributed by atoms with Gasteiger partial charge in [0.2, 0.25) is 6.41 Å². The van der Waals surface area contributed by atoms with Crippen molar-refractivity contribution < 1.29 is 28.3 Å². The van der Waals surface area contributed by atoms with Crippen LogP contribution in [0.4, 0.5) is 24.5 Å². The lowest BCUT2D eigenvalue weighted by molar-refractivity contribution is -0.138. The van der Waals surface area contributed by atoms with Gasteiger partial charge in [-0.1, -0.05) is 96.4 Å². The first-order chi connectivity index (χ1) is 24.3. The number of benzene rings is 2. The fraction of sp³-hybridized carbons (Fsp3) is 0.683. The van der Waals surface area contributed by atoms with Gasteiger partial charge in [-0.3, -0.25) is 4.79 Å². The second-order valence-electron chi connectivity index (χ2n) is 13.7. The summed E-state index contributed by atoms with van der Waals surface area (Å²) in [5, 5.41) is 23.8. The molecule has 7 nitrogen and oxygen atoms in total. The minimum Gasteiger partial charge on any atom is -0.396 e. The number of nitrogens with one attached hydrogen (secondary N) is 3. The van der Waals surface area contributed by atoms with Crippen LogP contribution in [0.15, 0.2) is 36.4 Å². The summed E-state index contributed by atoms with van der Waals surface area (Å²) in [5.74, 6) is 2.01. The second-order valence-corrected chi connectivity index (χ2v) is 13.7. The number of carbonyl (C=O) groups is 1. The third-order valence-electron chi connectivity index (χ3n) is 9.47. The number of aryl methyl sites for hydroxylation is 2. The number of halogens is 3. The molecule has 1 amide bonds. The Bertz CT molecular complexity index is 1140. The van der Waals surface area contributed by atoms with Crippen LogP contribution in [0.5, 0.6) is 0 Å². The van der Waals surface area contributed by atoms with Gasteiger partial charge in [-0.25, -0.2) is 5.48 Å². The van der Waals surface area contributed by atoms with E-state index in [0.29, 0.717) is 29.6 Å². The summed E-state index contributed by atoms with van der Waals surface area (Å²) in [4.78, 5) is 12.9. The number of amides is 1. The molecule has 2 aromatic carbocycles. The van der Waals surface area contributed by atoms with E-state index >= 15 is 0 Å². The van der Waals surface area contributed by atoms with Crippen LogP contribution in [0.3, 0.4) is 0 Å². The Morgan fingerprint density at radius 3 is 2.02 bits per heavy atom. The highest BCUT2D eigenvalue weighted by Gasteiger charge is 2.32. The highest BCUT2D eigenvalue weighted by Crippen LogP contribution is 2.33. The Morgan fingerprint density at radius 1 is 0.922 bits per heavy atom. The minimum atomic E-state index is -4.24. The molecule has 4 rings (SSSR count). The van der Waals surface area contributed by atoms with Crippen LogP contribution in [-0.2, 0) is 11.0 Å². The molecule has 1 unspecified atom stereocenters.